The average Bonchev–Trinajstić information content (AvgIpc) is 2.68. The van der Waals surface area contributed by atoms with Gasteiger partial charge >= 0.3 is 0 Å². The normalized spacial score (nSPS) is 13.3. The second-order valence-corrected chi connectivity index (χ2v) is 9.06. The Labute approximate surface area is 168 Å². The van der Waals surface area contributed by atoms with E-state index < -0.39 is 15.6 Å². The van der Waals surface area contributed by atoms with Gasteiger partial charge in [-0.15, -0.1) is 0 Å². The predicted octanol–water partition coefficient (Wildman–Crippen LogP) is 3.12. The van der Waals surface area contributed by atoms with Crippen LogP contribution in [0.4, 0.5) is 0 Å². The minimum absolute atomic E-state index is 0.101. The first kappa shape index (κ1) is 22.4. The Hall–Kier alpha value is -1.93. The van der Waals surface area contributed by atoms with E-state index in [-0.39, 0.29) is 17.5 Å². The standard InChI is InChI=1S/C21H30N2O4S/c1-17(18-8-6-5-7-9-18)23-21(2,3)16-22-28(24,25)20-12-10-19(11-13-20)27-15-14-26-4/h5-13,17,22-23H,14-16H2,1-4H3. The van der Waals surface area contributed by atoms with Gasteiger partial charge in [-0.1, -0.05) is 30.3 Å². The van der Waals surface area contributed by atoms with Crippen molar-refractivity contribution in [2.45, 2.75) is 37.2 Å². The fourth-order valence-corrected chi connectivity index (χ4v) is 3.99. The monoisotopic (exact) mass is 406 g/mol. The Balaban J connectivity index is 1.94. The molecule has 1 unspecified atom stereocenters. The van der Waals surface area contributed by atoms with Gasteiger partial charge in [0.2, 0.25) is 10.0 Å². The summed E-state index contributed by atoms with van der Waals surface area (Å²) in [7, 11) is -2.01. The molecule has 7 heteroatoms. The van der Waals surface area contributed by atoms with Crippen molar-refractivity contribution in [2.75, 3.05) is 26.9 Å². The Morgan fingerprint density at radius 3 is 2.25 bits per heavy atom. The van der Waals surface area contributed by atoms with Gasteiger partial charge in [0.25, 0.3) is 0 Å². The molecule has 0 aliphatic rings. The largest absolute Gasteiger partial charge is 0.491 e. The molecule has 0 heterocycles. The third kappa shape index (κ3) is 6.91. The predicted molar refractivity (Wildman–Crippen MR) is 111 cm³/mol. The number of nitrogens with one attached hydrogen (secondary N) is 2. The maximum atomic E-state index is 12.6. The molecule has 1 atom stereocenters. The summed E-state index contributed by atoms with van der Waals surface area (Å²) in [4.78, 5) is 0.207. The van der Waals surface area contributed by atoms with Crippen LogP contribution in [-0.2, 0) is 14.8 Å². The molecule has 28 heavy (non-hydrogen) atoms. The van der Waals surface area contributed by atoms with Crippen LogP contribution in [0.2, 0.25) is 0 Å². The molecule has 2 aromatic carbocycles. The van der Waals surface area contributed by atoms with Gasteiger partial charge in [-0.25, -0.2) is 13.1 Å². The van der Waals surface area contributed by atoms with E-state index in [1.54, 1.807) is 19.2 Å². The molecule has 0 saturated heterocycles. The second-order valence-electron chi connectivity index (χ2n) is 7.30. The lowest BCUT2D eigenvalue weighted by Gasteiger charge is -2.30. The highest BCUT2D eigenvalue weighted by Gasteiger charge is 2.24. The van der Waals surface area contributed by atoms with E-state index in [4.69, 9.17) is 9.47 Å². The topological polar surface area (TPSA) is 76.7 Å². The molecule has 0 spiro atoms. The summed E-state index contributed by atoms with van der Waals surface area (Å²) in [6.45, 7) is 7.17. The molecular weight excluding hydrogens is 376 g/mol. The summed E-state index contributed by atoms with van der Waals surface area (Å²) >= 11 is 0. The zero-order valence-electron chi connectivity index (χ0n) is 16.9. The molecule has 6 nitrogen and oxygen atoms in total. The minimum Gasteiger partial charge on any atom is -0.491 e. The maximum absolute atomic E-state index is 12.6. The maximum Gasteiger partial charge on any atom is 0.240 e. The first-order valence-corrected chi connectivity index (χ1v) is 10.8. The molecule has 2 N–H and O–H groups in total. The van der Waals surface area contributed by atoms with Crippen LogP contribution < -0.4 is 14.8 Å². The van der Waals surface area contributed by atoms with E-state index in [0.29, 0.717) is 19.0 Å². The summed E-state index contributed by atoms with van der Waals surface area (Å²) in [5.41, 5.74) is 0.730. The van der Waals surface area contributed by atoms with E-state index in [1.165, 1.54) is 12.1 Å². The van der Waals surface area contributed by atoms with Gasteiger partial charge in [-0.2, -0.15) is 0 Å². The van der Waals surface area contributed by atoms with Crippen LogP contribution in [0.3, 0.4) is 0 Å². The molecule has 2 rings (SSSR count). The van der Waals surface area contributed by atoms with Crippen LogP contribution in [0, 0.1) is 0 Å². The van der Waals surface area contributed by atoms with Gasteiger partial charge in [-0.05, 0) is 50.6 Å². The quantitative estimate of drug-likeness (QED) is 0.561. The number of hydrogen-bond donors (Lipinski definition) is 2. The molecule has 0 amide bonds. The average molecular weight is 407 g/mol. The molecule has 2 aromatic rings. The van der Waals surface area contributed by atoms with Crippen molar-refractivity contribution in [3.63, 3.8) is 0 Å². The van der Waals surface area contributed by atoms with Crippen LogP contribution >= 0.6 is 0 Å². The molecule has 0 aromatic heterocycles. The zero-order valence-corrected chi connectivity index (χ0v) is 17.8. The lowest BCUT2D eigenvalue weighted by Crippen LogP contribution is -2.49. The van der Waals surface area contributed by atoms with Gasteiger partial charge in [-0.3, -0.25) is 0 Å². The number of hydrogen-bond acceptors (Lipinski definition) is 5. The van der Waals surface area contributed by atoms with Crippen molar-refractivity contribution in [1.29, 1.82) is 0 Å². The van der Waals surface area contributed by atoms with E-state index >= 15 is 0 Å². The molecule has 0 saturated carbocycles. The highest BCUT2D eigenvalue weighted by molar-refractivity contribution is 7.89. The van der Waals surface area contributed by atoms with Gasteiger partial charge in [0.15, 0.2) is 0 Å². The van der Waals surface area contributed by atoms with Crippen molar-refractivity contribution < 1.29 is 17.9 Å². The summed E-state index contributed by atoms with van der Waals surface area (Å²) in [5.74, 6) is 0.606. The Morgan fingerprint density at radius 1 is 1.00 bits per heavy atom. The number of methoxy groups -OCH3 is 1. The third-order valence-corrected chi connectivity index (χ3v) is 5.72. The Bertz CT molecular complexity index is 821. The SMILES string of the molecule is COCCOc1ccc(S(=O)(=O)NCC(C)(C)NC(C)c2ccccc2)cc1. The molecule has 0 fully saturated rings. The van der Waals surface area contributed by atoms with Gasteiger partial charge < -0.3 is 14.8 Å². The molecule has 0 aliphatic carbocycles. The van der Waals surface area contributed by atoms with E-state index in [1.807, 2.05) is 44.2 Å². The smallest absolute Gasteiger partial charge is 0.240 e. The van der Waals surface area contributed by atoms with Crippen molar-refractivity contribution in [1.82, 2.24) is 10.0 Å². The first-order chi connectivity index (χ1) is 13.2. The Kier molecular flexibility index (Phi) is 8.00. The van der Waals surface area contributed by atoms with Crippen LogP contribution in [0.15, 0.2) is 59.5 Å². The summed E-state index contributed by atoms with van der Waals surface area (Å²) in [5, 5.41) is 3.48. The minimum atomic E-state index is -3.61. The molecule has 0 radical (unpaired) electrons. The molecule has 0 bridgehead atoms. The van der Waals surface area contributed by atoms with Crippen molar-refractivity contribution in [3.05, 3.63) is 60.2 Å². The Morgan fingerprint density at radius 2 is 1.64 bits per heavy atom. The number of benzene rings is 2. The van der Waals surface area contributed by atoms with Crippen molar-refractivity contribution in [2.24, 2.45) is 0 Å². The molecular formula is C21H30N2O4S. The van der Waals surface area contributed by atoms with Crippen LogP contribution in [0.25, 0.3) is 0 Å². The van der Waals surface area contributed by atoms with Crippen LogP contribution in [-0.4, -0.2) is 40.8 Å². The van der Waals surface area contributed by atoms with Gasteiger partial charge in [0.05, 0.1) is 11.5 Å². The highest BCUT2D eigenvalue weighted by atomic mass is 32.2. The number of rotatable bonds is 11. The van der Waals surface area contributed by atoms with Crippen LogP contribution in [0.5, 0.6) is 5.75 Å². The lowest BCUT2D eigenvalue weighted by atomic mass is 10.0. The first-order valence-electron chi connectivity index (χ1n) is 9.28. The highest BCUT2D eigenvalue weighted by Crippen LogP contribution is 2.18. The van der Waals surface area contributed by atoms with E-state index in [0.717, 1.165) is 5.56 Å². The summed E-state index contributed by atoms with van der Waals surface area (Å²) in [6.07, 6.45) is 0. The van der Waals surface area contributed by atoms with E-state index in [2.05, 4.69) is 17.0 Å². The van der Waals surface area contributed by atoms with E-state index in [9.17, 15) is 8.42 Å². The van der Waals surface area contributed by atoms with Gasteiger partial charge in [0.1, 0.15) is 12.4 Å². The fraction of sp³-hybridized carbons (Fsp3) is 0.429. The lowest BCUT2D eigenvalue weighted by molar-refractivity contribution is 0.146. The van der Waals surface area contributed by atoms with Gasteiger partial charge in [0, 0.05) is 25.2 Å². The summed E-state index contributed by atoms with van der Waals surface area (Å²) < 4.78 is 38.3. The molecule has 0 aliphatic heterocycles. The van der Waals surface area contributed by atoms with Crippen molar-refractivity contribution in [3.8, 4) is 5.75 Å². The number of ether oxygens (including phenoxy) is 2. The second kappa shape index (κ2) is 10.0. The summed E-state index contributed by atoms with van der Waals surface area (Å²) in [6, 6.07) is 16.5. The van der Waals surface area contributed by atoms with Crippen LogP contribution in [0.1, 0.15) is 32.4 Å². The fourth-order valence-electron chi connectivity index (χ4n) is 2.78. The zero-order chi connectivity index (χ0) is 20.6. The molecule has 154 valence electrons. The van der Waals surface area contributed by atoms with Crippen molar-refractivity contribution >= 4 is 10.0 Å². The number of sulfonamides is 1. The third-order valence-electron chi connectivity index (χ3n) is 4.30.